The molecule has 0 amide bonds. The molecule has 118 valence electrons. The molecule has 1 N–H and O–H groups in total. The van der Waals surface area contributed by atoms with Crippen LogP contribution in [0.3, 0.4) is 0 Å². The Balaban J connectivity index is 2.50. The SMILES string of the molecule is COc1cc(C)c(S(=O)(=O)Nc2ccc(C)cn2)c(C)c1C. The van der Waals surface area contributed by atoms with Crippen LogP contribution < -0.4 is 9.46 Å². The van der Waals surface area contributed by atoms with Gasteiger partial charge in [-0.1, -0.05) is 6.07 Å². The number of nitrogens with zero attached hydrogens (tertiary/aromatic N) is 1. The van der Waals surface area contributed by atoms with Crippen molar-refractivity contribution < 1.29 is 13.2 Å². The van der Waals surface area contributed by atoms with Gasteiger partial charge >= 0.3 is 0 Å². The number of aromatic nitrogens is 1. The molecule has 0 saturated heterocycles. The fourth-order valence-electron chi connectivity index (χ4n) is 2.36. The summed E-state index contributed by atoms with van der Waals surface area (Å²) < 4.78 is 33.2. The Bertz CT molecular complexity index is 797. The molecule has 2 rings (SSSR count). The lowest BCUT2D eigenvalue weighted by molar-refractivity contribution is 0.410. The van der Waals surface area contributed by atoms with Gasteiger partial charge in [0, 0.05) is 6.20 Å². The molecule has 0 bridgehead atoms. The summed E-state index contributed by atoms with van der Waals surface area (Å²) in [7, 11) is -2.13. The fourth-order valence-corrected chi connectivity index (χ4v) is 3.90. The van der Waals surface area contributed by atoms with E-state index in [4.69, 9.17) is 4.74 Å². The standard InChI is InChI=1S/C16H20N2O3S/c1-10-6-7-15(17-9-10)18-22(19,20)16-11(2)8-14(21-5)12(3)13(16)4/h6-9H,1-5H3,(H,17,18). The first-order chi connectivity index (χ1) is 10.3. The molecule has 6 heteroatoms. The second kappa shape index (κ2) is 5.96. The fraction of sp³-hybridized carbons (Fsp3) is 0.312. The topological polar surface area (TPSA) is 68.3 Å². The van der Waals surface area contributed by atoms with E-state index in [9.17, 15) is 8.42 Å². The Labute approximate surface area is 131 Å². The summed E-state index contributed by atoms with van der Waals surface area (Å²) in [6.45, 7) is 7.28. The van der Waals surface area contributed by atoms with Crippen LogP contribution in [0.5, 0.6) is 5.75 Å². The van der Waals surface area contributed by atoms with Gasteiger partial charge in [0.2, 0.25) is 0 Å². The third kappa shape index (κ3) is 3.06. The smallest absolute Gasteiger partial charge is 0.263 e. The van der Waals surface area contributed by atoms with Gasteiger partial charge in [0.05, 0.1) is 12.0 Å². The zero-order chi connectivity index (χ0) is 16.5. The lowest BCUT2D eigenvalue weighted by Gasteiger charge is -2.16. The van der Waals surface area contributed by atoms with Gasteiger partial charge in [-0.05, 0) is 62.1 Å². The molecule has 0 fully saturated rings. The van der Waals surface area contributed by atoms with Gasteiger partial charge in [-0.15, -0.1) is 0 Å². The van der Waals surface area contributed by atoms with Crippen LogP contribution in [0.4, 0.5) is 5.82 Å². The van der Waals surface area contributed by atoms with E-state index in [0.717, 1.165) is 11.1 Å². The van der Waals surface area contributed by atoms with Crippen LogP contribution in [0.2, 0.25) is 0 Å². The summed E-state index contributed by atoms with van der Waals surface area (Å²) in [4.78, 5) is 4.36. The summed E-state index contributed by atoms with van der Waals surface area (Å²) >= 11 is 0. The molecule has 2 aromatic rings. The maximum absolute atomic E-state index is 12.7. The molecule has 0 aliphatic carbocycles. The summed E-state index contributed by atoms with van der Waals surface area (Å²) in [5.74, 6) is 0.986. The lowest BCUT2D eigenvalue weighted by Crippen LogP contribution is -2.17. The van der Waals surface area contributed by atoms with Crippen LogP contribution in [-0.4, -0.2) is 20.5 Å². The second-order valence-corrected chi connectivity index (χ2v) is 6.92. The molecule has 0 atom stereocenters. The molecule has 1 aromatic heterocycles. The molecule has 0 saturated carbocycles. The summed E-state index contributed by atoms with van der Waals surface area (Å²) in [6.07, 6.45) is 1.62. The Hall–Kier alpha value is -2.08. The number of ether oxygens (including phenoxy) is 1. The normalized spacial score (nSPS) is 11.3. The number of hydrogen-bond acceptors (Lipinski definition) is 4. The van der Waals surface area contributed by atoms with Gasteiger partial charge < -0.3 is 4.74 Å². The summed E-state index contributed by atoms with van der Waals surface area (Å²) in [6, 6.07) is 5.19. The van der Waals surface area contributed by atoms with Gasteiger partial charge in [0.15, 0.2) is 0 Å². The molecular weight excluding hydrogens is 300 g/mol. The number of sulfonamides is 1. The highest BCUT2D eigenvalue weighted by atomic mass is 32.2. The summed E-state index contributed by atoms with van der Waals surface area (Å²) in [5.41, 5.74) is 3.09. The molecule has 0 spiro atoms. The molecule has 5 nitrogen and oxygen atoms in total. The largest absolute Gasteiger partial charge is 0.496 e. The monoisotopic (exact) mass is 320 g/mol. The van der Waals surface area contributed by atoms with E-state index in [1.54, 1.807) is 39.3 Å². The van der Waals surface area contributed by atoms with Crippen molar-refractivity contribution in [2.75, 3.05) is 11.8 Å². The van der Waals surface area contributed by atoms with Gasteiger partial charge in [0.1, 0.15) is 11.6 Å². The van der Waals surface area contributed by atoms with Crippen molar-refractivity contribution in [2.45, 2.75) is 32.6 Å². The summed E-state index contributed by atoms with van der Waals surface area (Å²) in [5, 5.41) is 0. The molecule has 0 radical (unpaired) electrons. The van der Waals surface area contributed by atoms with Crippen molar-refractivity contribution in [2.24, 2.45) is 0 Å². The highest BCUT2D eigenvalue weighted by molar-refractivity contribution is 7.92. The Morgan fingerprint density at radius 3 is 2.32 bits per heavy atom. The van der Waals surface area contributed by atoms with Crippen LogP contribution >= 0.6 is 0 Å². The number of aryl methyl sites for hydroxylation is 2. The van der Waals surface area contributed by atoms with Crippen molar-refractivity contribution in [1.29, 1.82) is 0 Å². The molecular formula is C16H20N2O3S. The quantitative estimate of drug-likeness (QED) is 0.940. The number of anilines is 1. The molecule has 0 unspecified atom stereocenters. The van der Waals surface area contributed by atoms with Crippen molar-refractivity contribution in [3.63, 3.8) is 0 Å². The van der Waals surface area contributed by atoms with Crippen molar-refractivity contribution >= 4 is 15.8 Å². The predicted molar refractivity (Wildman–Crippen MR) is 87.0 cm³/mol. The average molecular weight is 320 g/mol. The van der Waals surface area contributed by atoms with E-state index in [1.807, 2.05) is 19.9 Å². The number of pyridine rings is 1. The zero-order valence-electron chi connectivity index (χ0n) is 13.4. The van der Waals surface area contributed by atoms with E-state index < -0.39 is 10.0 Å². The van der Waals surface area contributed by atoms with Crippen molar-refractivity contribution in [3.05, 3.63) is 46.6 Å². The number of benzene rings is 1. The third-order valence-electron chi connectivity index (χ3n) is 3.62. The van der Waals surface area contributed by atoms with Gasteiger partial charge in [0.25, 0.3) is 10.0 Å². The van der Waals surface area contributed by atoms with E-state index in [-0.39, 0.29) is 4.90 Å². The van der Waals surface area contributed by atoms with Gasteiger partial charge in [-0.25, -0.2) is 13.4 Å². The van der Waals surface area contributed by atoms with Crippen molar-refractivity contribution in [1.82, 2.24) is 4.98 Å². The Morgan fingerprint density at radius 1 is 1.09 bits per heavy atom. The van der Waals surface area contributed by atoms with E-state index >= 15 is 0 Å². The lowest BCUT2D eigenvalue weighted by atomic mass is 10.1. The molecule has 0 aliphatic heterocycles. The predicted octanol–water partition coefficient (Wildman–Crippen LogP) is 3.12. The second-order valence-electron chi connectivity index (χ2n) is 5.30. The molecule has 1 aromatic carbocycles. The van der Waals surface area contributed by atoms with Crippen LogP contribution in [0.25, 0.3) is 0 Å². The number of hydrogen-bond donors (Lipinski definition) is 1. The molecule has 1 heterocycles. The average Bonchev–Trinajstić information content (AvgIpc) is 2.45. The van der Waals surface area contributed by atoms with E-state index in [2.05, 4.69) is 9.71 Å². The van der Waals surface area contributed by atoms with E-state index in [0.29, 0.717) is 22.7 Å². The zero-order valence-corrected chi connectivity index (χ0v) is 14.2. The van der Waals surface area contributed by atoms with Crippen LogP contribution in [-0.2, 0) is 10.0 Å². The van der Waals surface area contributed by atoms with Gasteiger partial charge in [-0.2, -0.15) is 0 Å². The Kier molecular flexibility index (Phi) is 4.42. The minimum Gasteiger partial charge on any atom is -0.496 e. The van der Waals surface area contributed by atoms with Crippen LogP contribution in [0, 0.1) is 27.7 Å². The van der Waals surface area contributed by atoms with Crippen molar-refractivity contribution in [3.8, 4) is 5.75 Å². The first-order valence-electron chi connectivity index (χ1n) is 6.86. The minimum absolute atomic E-state index is 0.271. The number of methoxy groups -OCH3 is 1. The molecule has 22 heavy (non-hydrogen) atoms. The van der Waals surface area contributed by atoms with E-state index in [1.165, 1.54) is 0 Å². The van der Waals surface area contributed by atoms with Crippen LogP contribution in [0.15, 0.2) is 29.3 Å². The first kappa shape index (κ1) is 16.3. The Morgan fingerprint density at radius 2 is 1.77 bits per heavy atom. The first-order valence-corrected chi connectivity index (χ1v) is 8.35. The molecule has 0 aliphatic rings. The number of nitrogens with one attached hydrogen (secondary N) is 1. The highest BCUT2D eigenvalue weighted by Gasteiger charge is 2.23. The highest BCUT2D eigenvalue weighted by Crippen LogP contribution is 2.31. The van der Waals surface area contributed by atoms with Gasteiger partial charge in [-0.3, -0.25) is 4.72 Å². The minimum atomic E-state index is -3.70. The third-order valence-corrected chi connectivity index (χ3v) is 5.26. The number of rotatable bonds is 4. The maximum Gasteiger partial charge on any atom is 0.263 e. The maximum atomic E-state index is 12.7. The van der Waals surface area contributed by atoms with Crippen LogP contribution in [0.1, 0.15) is 22.3 Å².